The maximum Gasteiger partial charge on any atom is 0.239 e. The number of rotatable bonds is 8. The predicted molar refractivity (Wildman–Crippen MR) is 110 cm³/mol. The number of piperazine rings is 1. The zero-order valence-corrected chi connectivity index (χ0v) is 17.0. The molecule has 29 heavy (non-hydrogen) atoms. The van der Waals surface area contributed by atoms with Crippen molar-refractivity contribution in [2.24, 2.45) is 0 Å². The number of amides is 2. The second kappa shape index (κ2) is 9.97. The summed E-state index contributed by atoms with van der Waals surface area (Å²) in [5.41, 5.74) is 1.08. The Labute approximate surface area is 171 Å². The van der Waals surface area contributed by atoms with Gasteiger partial charge in [0.15, 0.2) is 0 Å². The molecule has 1 aliphatic heterocycles. The molecule has 3 rings (SSSR count). The van der Waals surface area contributed by atoms with E-state index in [2.05, 4.69) is 21.2 Å². The van der Waals surface area contributed by atoms with Gasteiger partial charge in [0, 0.05) is 33.2 Å². The van der Waals surface area contributed by atoms with Gasteiger partial charge in [0.25, 0.3) is 0 Å². The van der Waals surface area contributed by atoms with Crippen LogP contribution in [0, 0.1) is 0 Å². The van der Waals surface area contributed by atoms with E-state index in [4.69, 9.17) is 9.15 Å². The number of methoxy groups -OCH3 is 1. The third kappa shape index (κ3) is 5.74. The van der Waals surface area contributed by atoms with Crippen LogP contribution in [0.15, 0.2) is 47.1 Å². The van der Waals surface area contributed by atoms with Crippen molar-refractivity contribution >= 4 is 17.5 Å². The van der Waals surface area contributed by atoms with E-state index < -0.39 is 0 Å². The molecule has 0 aliphatic carbocycles. The zero-order chi connectivity index (χ0) is 20.6. The number of anilines is 1. The number of benzene rings is 1. The lowest BCUT2D eigenvalue weighted by molar-refractivity contribution is -0.135. The van der Waals surface area contributed by atoms with E-state index in [0.717, 1.165) is 37.6 Å². The molecule has 2 aromatic rings. The van der Waals surface area contributed by atoms with Crippen LogP contribution in [0.5, 0.6) is 5.75 Å². The largest absolute Gasteiger partial charge is 0.495 e. The number of nitrogens with one attached hydrogen (secondary N) is 1. The van der Waals surface area contributed by atoms with Gasteiger partial charge in [0.1, 0.15) is 11.5 Å². The van der Waals surface area contributed by atoms with Gasteiger partial charge in [-0.2, -0.15) is 0 Å². The van der Waals surface area contributed by atoms with Crippen LogP contribution in [0.25, 0.3) is 0 Å². The Balaban J connectivity index is 1.41. The number of hydrogen-bond acceptors (Lipinski definition) is 6. The first kappa shape index (κ1) is 20.7. The van der Waals surface area contributed by atoms with Crippen molar-refractivity contribution < 1.29 is 18.7 Å². The predicted octanol–water partition coefficient (Wildman–Crippen LogP) is 1.19. The van der Waals surface area contributed by atoms with Crippen LogP contribution in [0.3, 0.4) is 0 Å². The molecule has 156 valence electrons. The maximum absolute atomic E-state index is 12.5. The summed E-state index contributed by atoms with van der Waals surface area (Å²) in [6, 6.07) is 11.5. The number of carbonyl (C=O) groups is 2. The van der Waals surface area contributed by atoms with Gasteiger partial charge in [-0.05, 0) is 24.3 Å². The summed E-state index contributed by atoms with van der Waals surface area (Å²) in [5.74, 6) is 1.26. The lowest BCUT2D eigenvalue weighted by Gasteiger charge is -2.36. The van der Waals surface area contributed by atoms with Crippen LogP contribution in [0.1, 0.15) is 5.76 Å². The Kier molecular flexibility index (Phi) is 7.13. The number of para-hydroxylation sites is 2. The SMILES string of the molecule is COc1ccccc1N1CCN(CC(=O)N(C)CC(=O)NCc2ccco2)CC1. The Bertz CT molecular complexity index is 801. The molecule has 2 heterocycles. The fraction of sp³-hybridized carbons (Fsp3) is 0.429. The highest BCUT2D eigenvalue weighted by atomic mass is 16.5. The summed E-state index contributed by atoms with van der Waals surface area (Å²) in [7, 11) is 3.33. The monoisotopic (exact) mass is 400 g/mol. The first-order valence-corrected chi connectivity index (χ1v) is 9.70. The molecule has 2 amide bonds. The van der Waals surface area contributed by atoms with Crippen LogP contribution >= 0.6 is 0 Å². The molecule has 0 saturated carbocycles. The van der Waals surface area contributed by atoms with Crippen molar-refractivity contribution in [3.63, 3.8) is 0 Å². The minimum Gasteiger partial charge on any atom is -0.495 e. The number of hydrogen-bond donors (Lipinski definition) is 1. The molecule has 8 nitrogen and oxygen atoms in total. The quantitative estimate of drug-likeness (QED) is 0.717. The standard InChI is InChI=1S/C21H28N4O4/c1-23(15-20(26)22-14-17-6-5-13-29-17)21(27)16-24-9-11-25(12-10-24)18-7-3-4-8-19(18)28-2/h3-8,13H,9-12,14-16H2,1-2H3,(H,22,26). The smallest absolute Gasteiger partial charge is 0.239 e. The highest BCUT2D eigenvalue weighted by Crippen LogP contribution is 2.28. The van der Waals surface area contributed by atoms with E-state index in [1.165, 1.54) is 4.90 Å². The van der Waals surface area contributed by atoms with Gasteiger partial charge >= 0.3 is 0 Å². The van der Waals surface area contributed by atoms with Gasteiger partial charge in [0.2, 0.25) is 11.8 Å². The average molecular weight is 400 g/mol. The van der Waals surface area contributed by atoms with E-state index in [9.17, 15) is 9.59 Å². The fourth-order valence-electron chi connectivity index (χ4n) is 3.31. The summed E-state index contributed by atoms with van der Waals surface area (Å²) in [4.78, 5) is 30.4. The Morgan fingerprint density at radius 1 is 1.14 bits per heavy atom. The third-order valence-corrected chi connectivity index (χ3v) is 5.00. The summed E-state index contributed by atoms with van der Waals surface area (Å²) < 4.78 is 10.6. The van der Waals surface area contributed by atoms with Crippen molar-refractivity contribution in [1.29, 1.82) is 0 Å². The Morgan fingerprint density at radius 2 is 1.90 bits per heavy atom. The van der Waals surface area contributed by atoms with E-state index in [1.807, 2.05) is 18.2 Å². The highest BCUT2D eigenvalue weighted by Gasteiger charge is 2.22. The van der Waals surface area contributed by atoms with Crippen LogP contribution in [0.2, 0.25) is 0 Å². The molecular formula is C21H28N4O4. The molecule has 1 aromatic carbocycles. The number of furan rings is 1. The van der Waals surface area contributed by atoms with E-state index in [1.54, 1.807) is 32.6 Å². The second-order valence-electron chi connectivity index (χ2n) is 7.04. The normalized spacial score (nSPS) is 14.5. The third-order valence-electron chi connectivity index (χ3n) is 5.00. The minimum atomic E-state index is -0.210. The van der Waals surface area contributed by atoms with Gasteiger partial charge < -0.3 is 24.3 Å². The molecular weight excluding hydrogens is 372 g/mol. The average Bonchev–Trinajstić information content (AvgIpc) is 3.26. The topological polar surface area (TPSA) is 78.3 Å². The number of likely N-dealkylation sites (N-methyl/N-ethyl adjacent to an activating group) is 1. The number of carbonyl (C=O) groups excluding carboxylic acids is 2. The molecule has 1 aliphatic rings. The molecule has 8 heteroatoms. The molecule has 0 spiro atoms. The van der Waals surface area contributed by atoms with Crippen LogP contribution in [-0.4, -0.2) is 75.0 Å². The molecule has 1 N–H and O–H groups in total. The Hall–Kier alpha value is -3.00. The van der Waals surface area contributed by atoms with Gasteiger partial charge in [-0.1, -0.05) is 12.1 Å². The van der Waals surface area contributed by atoms with Gasteiger partial charge in [-0.3, -0.25) is 14.5 Å². The molecule has 0 radical (unpaired) electrons. The molecule has 0 unspecified atom stereocenters. The molecule has 1 saturated heterocycles. The molecule has 1 aromatic heterocycles. The van der Waals surface area contributed by atoms with E-state index in [0.29, 0.717) is 18.8 Å². The summed E-state index contributed by atoms with van der Waals surface area (Å²) in [5, 5.41) is 2.75. The summed E-state index contributed by atoms with van der Waals surface area (Å²) in [6.07, 6.45) is 1.56. The van der Waals surface area contributed by atoms with Crippen LogP contribution < -0.4 is 15.0 Å². The number of nitrogens with zero attached hydrogens (tertiary/aromatic N) is 3. The number of ether oxygens (including phenoxy) is 1. The summed E-state index contributed by atoms with van der Waals surface area (Å²) >= 11 is 0. The van der Waals surface area contributed by atoms with Gasteiger partial charge in [-0.25, -0.2) is 0 Å². The van der Waals surface area contributed by atoms with Crippen LogP contribution in [-0.2, 0) is 16.1 Å². The lowest BCUT2D eigenvalue weighted by atomic mass is 10.2. The van der Waals surface area contributed by atoms with Crippen molar-refractivity contribution in [2.75, 3.05) is 58.3 Å². The van der Waals surface area contributed by atoms with E-state index in [-0.39, 0.29) is 18.4 Å². The van der Waals surface area contributed by atoms with Crippen molar-refractivity contribution in [2.45, 2.75) is 6.54 Å². The first-order chi connectivity index (χ1) is 14.1. The minimum absolute atomic E-state index is 0.0285. The fourth-order valence-corrected chi connectivity index (χ4v) is 3.31. The Morgan fingerprint density at radius 3 is 2.59 bits per heavy atom. The molecule has 1 fully saturated rings. The lowest BCUT2D eigenvalue weighted by Crippen LogP contribution is -2.50. The van der Waals surface area contributed by atoms with Crippen molar-refractivity contribution in [3.05, 3.63) is 48.4 Å². The van der Waals surface area contributed by atoms with Crippen molar-refractivity contribution in [1.82, 2.24) is 15.1 Å². The van der Waals surface area contributed by atoms with Gasteiger partial charge in [-0.15, -0.1) is 0 Å². The molecule has 0 atom stereocenters. The van der Waals surface area contributed by atoms with Crippen LogP contribution in [0.4, 0.5) is 5.69 Å². The second-order valence-corrected chi connectivity index (χ2v) is 7.04. The highest BCUT2D eigenvalue weighted by molar-refractivity contribution is 5.85. The first-order valence-electron chi connectivity index (χ1n) is 9.70. The zero-order valence-electron chi connectivity index (χ0n) is 17.0. The van der Waals surface area contributed by atoms with Crippen molar-refractivity contribution in [3.8, 4) is 5.75 Å². The molecule has 0 bridgehead atoms. The van der Waals surface area contributed by atoms with Gasteiger partial charge in [0.05, 0.1) is 38.7 Å². The summed E-state index contributed by atoms with van der Waals surface area (Å²) in [6.45, 7) is 3.86. The van der Waals surface area contributed by atoms with E-state index >= 15 is 0 Å². The maximum atomic E-state index is 12.5.